The Morgan fingerprint density at radius 3 is 2.29 bits per heavy atom. The first-order valence-corrected chi connectivity index (χ1v) is 4.45. The van der Waals surface area contributed by atoms with E-state index >= 15 is 0 Å². The molecule has 0 radical (unpaired) electrons. The number of nitrogens with two attached hydrogens (primary N) is 1. The number of ether oxygens (including phenoxy) is 2. The van der Waals surface area contributed by atoms with E-state index in [1.54, 1.807) is 19.2 Å². The van der Waals surface area contributed by atoms with Crippen LogP contribution in [0.3, 0.4) is 0 Å². The van der Waals surface area contributed by atoms with Gasteiger partial charge in [-0.2, -0.15) is 0 Å². The van der Waals surface area contributed by atoms with Crippen LogP contribution in [0.1, 0.15) is 0 Å². The van der Waals surface area contributed by atoms with Crippen molar-refractivity contribution in [2.45, 2.75) is 0 Å². The second-order valence-electron chi connectivity index (χ2n) is 3.00. The highest BCUT2D eigenvalue weighted by atomic mass is 16.5. The molecule has 0 heterocycles. The summed E-state index contributed by atoms with van der Waals surface area (Å²) in [6.45, 7) is 1.28. The quantitative estimate of drug-likeness (QED) is 0.561. The van der Waals surface area contributed by atoms with Crippen molar-refractivity contribution >= 4 is 0 Å². The number of methoxy groups -OCH3 is 1. The Morgan fingerprint density at radius 2 is 1.79 bits per heavy atom. The maximum atomic E-state index is 5.44. The Hall–Kier alpha value is -1.26. The number of hydrazine groups is 1. The number of likely N-dealkylation sites (N-methyl/N-ethyl adjacent to an activating group) is 1. The second-order valence-corrected chi connectivity index (χ2v) is 3.00. The molecule has 4 heteroatoms. The normalized spacial score (nSPS) is 10.3. The summed E-state index contributed by atoms with van der Waals surface area (Å²) in [5, 5.41) is 1.59. The van der Waals surface area contributed by atoms with E-state index in [4.69, 9.17) is 15.3 Å². The summed E-state index contributed by atoms with van der Waals surface area (Å²) in [6, 6.07) is 7.47. The second kappa shape index (κ2) is 5.47. The fourth-order valence-corrected chi connectivity index (χ4v) is 0.979. The van der Waals surface area contributed by atoms with Crippen LogP contribution in [0.2, 0.25) is 0 Å². The van der Waals surface area contributed by atoms with Crippen molar-refractivity contribution in [3.05, 3.63) is 24.3 Å². The van der Waals surface area contributed by atoms with Crippen LogP contribution in [0.5, 0.6) is 11.5 Å². The summed E-state index contributed by atoms with van der Waals surface area (Å²) in [4.78, 5) is 0. The molecule has 4 nitrogen and oxygen atoms in total. The molecule has 1 rings (SSSR count). The molecule has 0 aliphatic heterocycles. The lowest BCUT2D eigenvalue weighted by atomic mass is 10.3. The molecule has 0 spiro atoms. The molecule has 0 fully saturated rings. The van der Waals surface area contributed by atoms with Crippen molar-refractivity contribution in [3.8, 4) is 11.5 Å². The highest BCUT2D eigenvalue weighted by Crippen LogP contribution is 2.16. The van der Waals surface area contributed by atoms with E-state index in [-0.39, 0.29) is 0 Å². The van der Waals surface area contributed by atoms with E-state index in [1.165, 1.54) is 0 Å². The zero-order chi connectivity index (χ0) is 10.4. The van der Waals surface area contributed by atoms with Crippen LogP contribution in [0.25, 0.3) is 0 Å². The largest absolute Gasteiger partial charge is 0.497 e. The number of rotatable bonds is 5. The van der Waals surface area contributed by atoms with Gasteiger partial charge in [0, 0.05) is 13.6 Å². The van der Waals surface area contributed by atoms with Gasteiger partial charge in [-0.3, -0.25) is 5.84 Å². The standard InChI is InChI=1S/C10H16N2O2/c1-12(11)7-8-14-10-5-3-9(13-2)4-6-10/h3-6H,7-8,11H2,1-2H3. The van der Waals surface area contributed by atoms with E-state index in [1.807, 2.05) is 24.3 Å². The Bertz CT molecular complexity index is 259. The Morgan fingerprint density at radius 1 is 1.21 bits per heavy atom. The van der Waals surface area contributed by atoms with Crippen molar-refractivity contribution < 1.29 is 9.47 Å². The molecular formula is C10H16N2O2. The third kappa shape index (κ3) is 3.64. The molecule has 2 N–H and O–H groups in total. The van der Waals surface area contributed by atoms with Crippen molar-refractivity contribution in [1.29, 1.82) is 0 Å². The molecule has 0 unspecified atom stereocenters. The molecule has 0 aliphatic rings. The van der Waals surface area contributed by atoms with Gasteiger partial charge in [-0.05, 0) is 24.3 Å². The lowest BCUT2D eigenvalue weighted by Crippen LogP contribution is -2.30. The van der Waals surface area contributed by atoms with Gasteiger partial charge < -0.3 is 9.47 Å². The van der Waals surface area contributed by atoms with E-state index in [2.05, 4.69) is 0 Å². The van der Waals surface area contributed by atoms with Crippen molar-refractivity contribution in [1.82, 2.24) is 5.01 Å². The summed E-state index contributed by atoms with van der Waals surface area (Å²) >= 11 is 0. The predicted molar refractivity (Wildman–Crippen MR) is 55.3 cm³/mol. The molecule has 0 saturated heterocycles. The van der Waals surface area contributed by atoms with E-state index in [9.17, 15) is 0 Å². The van der Waals surface area contributed by atoms with Crippen molar-refractivity contribution in [3.63, 3.8) is 0 Å². The lowest BCUT2D eigenvalue weighted by molar-refractivity contribution is 0.241. The fraction of sp³-hybridized carbons (Fsp3) is 0.400. The first-order chi connectivity index (χ1) is 6.72. The maximum absolute atomic E-state index is 5.44. The van der Waals surface area contributed by atoms with Gasteiger partial charge in [0.1, 0.15) is 18.1 Å². The highest BCUT2D eigenvalue weighted by Gasteiger charge is 1.95. The van der Waals surface area contributed by atoms with Gasteiger partial charge >= 0.3 is 0 Å². The van der Waals surface area contributed by atoms with Crippen LogP contribution >= 0.6 is 0 Å². The Labute approximate surface area is 84.2 Å². The van der Waals surface area contributed by atoms with Gasteiger partial charge in [0.25, 0.3) is 0 Å². The predicted octanol–water partition coefficient (Wildman–Crippen LogP) is 0.879. The van der Waals surface area contributed by atoms with Gasteiger partial charge in [-0.1, -0.05) is 0 Å². The topological polar surface area (TPSA) is 47.7 Å². The number of hydrogen-bond donors (Lipinski definition) is 1. The smallest absolute Gasteiger partial charge is 0.119 e. The molecule has 14 heavy (non-hydrogen) atoms. The molecule has 78 valence electrons. The number of hydrogen-bond acceptors (Lipinski definition) is 4. The van der Waals surface area contributed by atoms with Crippen molar-refractivity contribution in [2.75, 3.05) is 27.3 Å². The van der Waals surface area contributed by atoms with Gasteiger partial charge in [-0.25, -0.2) is 5.01 Å². The zero-order valence-corrected chi connectivity index (χ0v) is 8.56. The van der Waals surface area contributed by atoms with Crippen LogP contribution in [-0.4, -0.2) is 32.3 Å². The molecule has 1 aromatic carbocycles. The minimum absolute atomic E-state index is 0.583. The van der Waals surface area contributed by atoms with Crippen molar-refractivity contribution in [2.24, 2.45) is 5.84 Å². The molecule has 0 aromatic heterocycles. The fourth-order valence-electron chi connectivity index (χ4n) is 0.979. The van der Waals surface area contributed by atoms with Crippen LogP contribution in [0.15, 0.2) is 24.3 Å². The average molecular weight is 196 g/mol. The molecule has 0 bridgehead atoms. The monoisotopic (exact) mass is 196 g/mol. The third-order valence-electron chi connectivity index (χ3n) is 1.77. The molecule has 0 amide bonds. The van der Waals surface area contributed by atoms with Crippen LogP contribution in [0.4, 0.5) is 0 Å². The summed E-state index contributed by atoms with van der Waals surface area (Å²) in [6.07, 6.45) is 0. The molecule has 0 aliphatic carbocycles. The van der Waals surface area contributed by atoms with Gasteiger partial charge in [-0.15, -0.1) is 0 Å². The number of benzene rings is 1. The molecule has 1 aromatic rings. The summed E-state index contributed by atoms with van der Waals surface area (Å²) in [7, 11) is 3.44. The van der Waals surface area contributed by atoms with Crippen LogP contribution in [0, 0.1) is 0 Å². The number of nitrogens with zero attached hydrogens (tertiary/aromatic N) is 1. The Kier molecular flexibility index (Phi) is 4.22. The SMILES string of the molecule is COc1ccc(OCCN(C)N)cc1. The first kappa shape index (κ1) is 10.8. The summed E-state index contributed by atoms with van der Waals surface area (Å²) < 4.78 is 10.5. The van der Waals surface area contributed by atoms with Crippen LogP contribution < -0.4 is 15.3 Å². The van der Waals surface area contributed by atoms with Gasteiger partial charge in [0.2, 0.25) is 0 Å². The van der Waals surface area contributed by atoms with E-state index in [0.717, 1.165) is 11.5 Å². The molecule has 0 saturated carbocycles. The van der Waals surface area contributed by atoms with E-state index in [0.29, 0.717) is 13.2 Å². The highest BCUT2D eigenvalue weighted by molar-refractivity contribution is 5.31. The first-order valence-electron chi connectivity index (χ1n) is 4.45. The van der Waals surface area contributed by atoms with E-state index < -0.39 is 0 Å². The molecule has 0 atom stereocenters. The minimum Gasteiger partial charge on any atom is -0.497 e. The maximum Gasteiger partial charge on any atom is 0.119 e. The van der Waals surface area contributed by atoms with Gasteiger partial charge in [0.05, 0.1) is 7.11 Å². The lowest BCUT2D eigenvalue weighted by Gasteiger charge is -2.10. The summed E-state index contributed by atoms with van der Waals surface area (Å²) in [5.41, 5.74) is 0. The molecular weight excluding hydrogens is 180 g/mol. The average Bonchev–Trinajstić information content (AvgIpc) is 2.18. The minimum atomic E-state index is 0.583. The zero-order valence-electron chi connectivity index (χ0n) is 8.56. The third-order valence-corrected chi connectivity index (χ3v) is 1.77. The van der Waals surface area contributed by atoms with Gasteiger partial charge in [0.15, 0.2) is 0 Å². The van der Waals surface area contributed by atoms with Crippen LogP contribution in [-0.2, 0) is 0 Å². The Balaban J connectivity index is 2.36. The summed E-state index contributed by atoms with van der Waals surface area (Å²) in [5.74, 6) is 7.09.